The zero-order valence-electron chi connectivity index (χ0n) is 14.1. The van der Waals surface area contributed by atoms with Gasteiger partial charge in [0.25, 0.3) is 0 Å². The van der Waals surface area contributed by atoms with Crippen LogP contribution in [0, 0.1) is 0 Å². The first kappa shape index (κ1) is 16.1. The predicted octanol–water partition coefficient (Wildman–Crippen LogP) is 2.77. The van der Waals surface area contributed by atoms with Gasteiger partial charge in [0.05, 0.1) is 13.0 Å². The Bertz CT molecular complexity index is 889. The van der Waals surface area contributed by atoms with E-state index in [1.807, 2.05) is 12.1 Å². The van der Waals surface area contributed by atoms with Gasteiger partial charge in [-0.05, 0) is 36.4 Å². The number of ether oxygens (including phenoxy) is 1. The highest BCUT2D eigenvalue weighted by Crippen LogP contribution is 2.28. The third-order valence-electron chi connectivity index (χ3n) is 4.24. The van der Waals surface area contributed by atoms with E-state index in [2.05, 4.69) is 20.4 Å². The lowest BCUT2D eigenvalue weighted by molar-refractivity contribution is 0.147. The highest BCUT2D eigenvalue weighted by Gasteiger charge is 2.35. The molecule has 1 aromatic carbocycles. The van der Waals surface area contributed by atoms with Crippen molar-refractivity contribution in [2.75, 3.05) is 25.5 Å². The van der Waals surface area contributed by atoms with Crippen LogP contribution in [-0.4, -0.2) is 46.3 Å². The molecule has 1 fully saturated rings. The van der Waals surface area contributed by atoms with Crippen LogP contribution in [0.2, 0.25) is 0 Å². The number of nitrogens with zero attached hydrogens (tertiary/aromatic N) is 4. The van der Waals surface area contributed by atoms with Gasteiger partial charge in [0, 0.05) is 36.7 Å². The molecular weight excluding hydrogens is 334 g/mol. The summed E-state index contributed by atoms with van der Waals surface area (Å²) in [6.07, 6.45) is 3.36. The highest BCUT2D eigenvalue weighted by atomic mass is 16.5. The minimum atomic E-state index is -0.153. The summed E-state index contributed by atoms with van der Waals surface area (Å²) in [5.41, 5.74) is 1.57. The number of likely N-dealkylation sites (tertiary alicyclic amines) is 1. The van der Waals surface area contributed by atoms with Crippen molar-refractivity contribution in [3.05, 3.63) is 54.7 Å². The first-order valence-corrected chi connectivity index (χ1v) is 8.17. The predicted molar refractivity (Wildman–Crippen MR) is 93.9 cm³/mol. The Morgan fingerprint density at radius 3 is 2.62 bits per heavy atom. The van der Waals surface area contributed by atoms with E-state index < -0.39 is 0 Å². The van der Waals surface area contributed by atoms with E-state index >= 15 is 0 Å². The fraction of sp³-hybridized carbons (Fsp3) is 0.222. The highest BCUT2D eigenvalue weighted by molar-refractivity contribution is 5.90. The molecule has 2 amide bonds. The van der Waals surface area contributed by atoms with Gasteiger partial charge < -0.3 is 19.5 Å². The summed E-state index contributed by atoms with van der Waals surface area (Å²) in [6, 6.07) is 10.7. The van der Waals surface area contributed by atoms with Crippen LogP contribution in [0.15, 0.2) is 53.3 Å². The molecule has 0 spiro atoms. The summed E-state index contributed by atoms with van der Waals surface area (Å²) < 4.78 is 10.4. The van der Waals surface area contributed by atoms with Crippen molar-refractivity contribution >= 4 is 11.7 Å². The molecule has 26 heavy (non-hydrogen) atoms. The van der Waals surface area contributed by atoms with E-state index in [1.165, 1.54) is 0 Å². The lowest BCUT2D eigenvalue weighted by Gasteiger charge is -2.36. The molecule has 1 aliphatic rings. The maximum absolute atomic E-state index is 12.3. The Balaban J connectivity index is 1.33. The van der Waals surface area contributed by atoms with Crippen molar-refractivity contribution in [1.29, 1.82) is 0 Å². The van der Waals surface area contributed by atoms with E-state index in [-0.39, 0.29) is 11.9 Å². The molecule has 8 nitrogen and oxygen atoms in total. The number of aromatic nitrogens is 3. The minimum Gasteiger partial charge on any atom is -0.497 e. The van der Waals surface area contributed by atoms with Gasteiger partial charge in [-0.1, -0.05) is 5.16 Å². The van der Waals surface area contributed by atoms with Gasteiger partial charge in [-0.15, -0.1) is 0 Å². The zero-order chi connectivity index (χ0) is 17.9. The van der Waals surface area contributed by atoms with Gasteiger partial charge in [-0.3, -0.25) is 4.98 Å². The van der Waals surface area contributed by atoms with Crippen LogP contribution >= 0.6 is 0 Å². The van der Waals surface area contributed by atoms with Crippen LogP contribution in [0.4, 0.5) is 10.5 Å². The number of methoxy groups -OCH3 is 1. The number of anilines is 1. The van der Waals surface area contributed by atoms with Crippen molar-refractivity contribution in [2.45, 2.75) is 5.92 Å². The molecule has 0 saturated carbocycles. The molecule has 0 aliphatic carbocycles. The van der Waals surface area contributed by atoms with E-state index in [4.69, 9.17) is 9.26 Å². The molecule has 2 aromatic heterocycles. The monoisotopic (exact) mass is 351 g/mol. The van der Waals surface area contributed by atoms with Crippen LogP contribution in [0.1, 0.15) is 11.8 Å². The Labute approximate surface area is 149 Å². The molecular formula is C18H17N5O3. The van der Waals surface area contributed by atoms with Crippen molar-refractivity contribution in [2.24, 2.45) is 0 Å². The largest absolute Gasteiger partial charge is 0.497 e. The van der Waals surface area contributed by atoms with Crippen LogP contribution in [0.5, 0.6) is 5.75 Å². The van der Waals surface area contributed by atoms with Gasteiger partial charge in [0.2, 0.25) is 11.7 Å². The standard InChI is InChI=1S/C18H17N5O3/c1-25-15-4-2-14(3-5-15)20-18(24)23-10-13(11-23)17-21-16(22-26-17)12-6-8-19-9-7-12/h2-9,13H,10-11H2,1H3,(H,20,24). The average molecular weight is 351 g/mol. The van der Waals surface area contributed by atoms with Crippen LogP contribution in [0.25, 0.3) is 11.4 Å². The summed E-state index contributed by atoms with van der Waals surface area (Å²) in [5.74, 6) is 1.88. The Hall–Kier alpha value is -3.42. The van der Waals surface area contributed by atoms with Gasteiger partial charge in [-0.25, -0.2) is 4.79 Å². The number of hydrogen-bond donors (Lipinski definition) is 1. The molecule has 1 N–H and O–H groups in total. The molecule has 0 atom stereocenters. The Morgan fingerprint density at radius 2 is 1.92 bits per heavy atom. The van der Waals surface area contributed by atoms with Crippen LogP contribution in [-0.2, 0) is 0 Å². The van der Waals surface area contributed by atoms with Crippen molar-refractivity contribution in [3.8, 4) is 17.1 Å². The number of carbonyl (C=O) groups is 1. The molecule has 4 rings (SSSR count). The smallest absolute Gasteiger partial charge is 0.321 e. The Kier molecular flexibility index (Phi) is 4.22. The summed E-state index contributed by atoms with van der Waals surface area (Å²) in [5, 5.41) is 6.85. The van der Waals surface area contributed by atoms with Crippen molar-refractivity contribution in [3.63, 3.8) is 0 Å². The van der Waals surface area contributed by atoms with Gasteiger partial charge >= 0.3 is 6.03 Å². The van der Waals surface area contributed by atoms with Crippen molar-refractivity contribution in [1.82, 2.24) is 20.0 Å². The maximum Gasteiger partial charge on any atom is 0.321 e. The summed E-state index contributed by atoms with van der Waals surface area (Å²) >= 11 is 0. The molecule has 132 valence electrons. The first-order valence-electron chi connectivity index (χ1n) is 8.17. The molecule has 0 bridgehead atoms. The summed E-state index contributed by atoms with van der Waals surface area (Å²) in [6.45, 7) is 1.08. The fourth-order valence-corrected chi connectivity index (χ4v) is 2.70. The SMILES string of the molecule is COc1ccc(NC(=O)N2CC(c3nc(-c4ccncc4)no3)C2)cc1. The fourth-order valence-electron chi connectivity index (χ4n) is 2.70. The molecule has 1 aliphatic heterocycles. The second-order valence-electron chi connectivity index (χ2n) is 5.95. The minimum absolute atomic E-state index is 0.0553. The Morgan fingerprint density at radius 1 is 1.19 bits per heavy atom. The van der Waals surface area contributed by atoms with Crippen LogP contribution in [0.3, 0.4) is 0 Å². The normalized spacial score (nSPS) is 14.0. The number of benzene rings is 1. The number of pyridine rings is 1. The maximum atomic E-state index is 12.3. The molecule has 3 heterocycles. The van der Waals surface area contributed by atoms with Gasteiger partial charge in [0.1, 0.15) is 5.75 Å². The third-order valence-corrected chi connectivity index (χ3v) is 4.24. The van der Waals surface area contributed by atoms with E-state index in [0.29, 0.717) is 24.8 Å². The van der Waals surface area contributed by atoms with Gasteiger partial charge in [0.15, 0.2) is 0 Å². The number of rotatable bonds is 4. The molecule has 8 heteroatoms. The van der Waals surface area contributed by atoms with Gasteiger partial charge in [-0.2, -0.15) is 4.98 Å². The summed E-state index contributed by atoms with van der Waals surface area (Å²) in [4.78, 5) is 22.4. The molecule has 0 unspecified atom stereocenters. The first-order chi connectivity index (χ1) is 12.7. The molecule has 0 radical (unpaired) electrons. The third kappa shape index (κ3) is 3.21. The second kappa shape index (κ2) is 6.83. The molecule has 1 saturated heterocycles. The zero-order valence-corrected chi connectivity index (χ0v) is 14.1. The van der Waals surface area contributed by atoms with Crippen LogP contribution < -0.4 is 10.1 Å². The lowest BCUT2D eigenvalue weighted by atomic mass is 10.0. The number of carbonyl (C=O) groups excluding carboxylic acids is 1. The van der Waals surface area contributed by atoms with E-state index in [1.54, 1.807) is 48.7 Å². The number of urea groups is 1. The molecule has 3 aromatic rings. The van der Waals surface area contributed by atoms with E-state index in [9.17, 15) is 4.79 Å². The van der Waals surface area contributed by atoms with E-state index in [0.717, 1.165) is 17.0 Å². The average Bonchev–Trinajstić information content (AvgIpc) is 3.11. The quantitative estimate of drug-likeness (QED) is 0.777. The lowest BCUT2D eigenvalue weighted by Crippen LogP contribution is -2.50. The van der Waals surface area contributed by atoms with Crippen molar-refractivity contribution < 1.29 is 14.1 Å². The number of amides is 2. The number of hydrogen-bond acceptors (Lipinski definition) is 6. The summed E-state index contributed by atoms with van der Waals surface area (Å²) in [7, 11) is 1.60. The second-order valence-corrected chi connectivity index (χ2v) is 5.95. The topological polar surface area (TPSA) is 93.4 Å². The number of nitrogens with one attached hydrogen (secondary N) is 1.